The maximum absolute atomic E-state index is 8.42. The smallest absolute Gasteiger partial charge is 0.907 e. The van der Waals surface area contributed by atoms with Crippen molar-refractivity contribution in [3.63, 3.8) is 0 Å². The molecule has 0 spiro atoms. The van der Waals surface area contributed by atoms with Gasteiger partial charge in [0.15, 0.2) is 0 Å². The molecule has 0 saturated heterocycles. The second kappa shape index (κ2) is 251. The molecule has 840 valence electrons. The summed E-state index contributed by atoms with van der Waals surface area (Å²) in [6.07, 6.45) is 0. The Morgan fingerprint density at radius 1 is 0.0352 bits per heavy atom. The fraction of sp³-hybridized carbons (Fsp3) is 0. The Kier molecular flexibility index (Phi) is 452. The van der Waals surface area contributed by atoms with Gasteiger partial charge in [-0.3, -0.25) is 256 Å². The molecule has 0 radical (unpaired) electrons. The molecular weight excluding hydrogens is 2100 g/mol. The van der Waals surface area contributed by atoms with Crippen molar-refractivity contribution in [1.82, 2.24) is 0 Å². The zero-order valence-corrected chi connectivity index (χ0v) is 69.1. The Morgan fingerprint density at radius 3 is 0.0352 bits per heavy atom. The van der Waals surface area contributed by atoms with Crippen LogP contribution in [0.25, 0.3) is 0 Å². The first-order valence-electron chi connectivity index (χ1n) is 24.7. The van der Waals surface area contributed by atoms with Crippen LogP contribution in [-0.2, 0) is 0 Å². The molecular formula is B35Na2O105-103. The van der Waals surface area contributed by atoms with Crippen LogP contribution in [0.2, 0.25) is 0 Å². The fourth-order valence-electron chi connectivity index (χ4n) is 0. The van der Waals surface area contributed by atoms with E-state index in [0.717, 1.165) is 0 Å². The Hall–Kier alpha value is 0.0727. The van der Waals surface area contributed by atoms with Gasteiger partial charge in [-0.2, -0.15) is 0 Å². The Bertz CT molecular complexity index is 834. The van der Waals surface area contributed by atoms with E-state index in [4.69, 9.17) is 528 Å². The van der Waals surface area contributed by atoms with Crippen LogP contribution in [0.4, 0.5) is 0 Å². The molecule has 0 aliphatic heterocycles. The molecule has 0 aliphatic carbocycles. The SMILES string of the molecule is [Na+].[Na+].[O-]B([O-])[O-].[O-]B([O-])[O-].[O-]B([O-])[O-].[O-]B([O-])[O-].[O-]B([O-])[O-].[O-]B([O-])[O-].[O-]B([O-])[O-].[O-]B([O-])[O-].[O-]B([O-])[O-].[O-]B([O-])[O-].[O-]B([O-])[O-].[O-]B([O-])[O-].[O-]B([O-])[O-].[O-]B([O-])[O-].[O-]B([O-])[O-].[O-]B([O-])[O-].[O-]B([O-])[O-].[O-]B([O-])[O-].[O-]B([O-])[O-].[O-]B([O-])[O-].[O-]B([O-])[O-].[O-]B([O-])[O-].[O-]B([O-])[O-].[O-]B([O-])[O-].[O-]B([O-])[O-].[O-]B([O-])[O-].[O-]B([O-])[O-].[O-]B([O-])[O-].[O-]B([O-])[O-].[O-]B([O-])[O-].[O-]B([O-])[O-].[O-]B([O-])[O-].[O-]B([O-])[O-].[O-]B([O-])[O-].[O-]B([O-])[O-]. The molecule has 142 heteroatoms. The van der Waals surface area contributed by atoms with Crippen molar-refractivity contribution < 1.29 is 587 Å². The third-order valence-electron chi connectivity index (χ3n) is 0. The van der Waals surface area contributed by atoms with Gasteiger partial charge < -0.3 is 528 Å². The van der Waals surface area contributed by atoms with Gasteiger partial charge in [0.25, 0.3) is 0 Å². The number of hydrogen-bond donors (Lipinski definition) is 0. The van der Waals surface area contributed by atoms with E-state index in [2.05, 4.69) is 0 Å². The van der Waals surface area contributed by atoms with Crippen LogP contribution in [0.3, 0.4) is 0 Å². The van der Waals surface area contributed by atoms with E-state index < -0.39 is 256 Å². The average molecular weight is 2100 g/mol. The summed E-state index contributed by atoms with van der Waals surface area (Å²) in [6.45, 7) is 0. The standard InChI is InChI=1S/35BO3.2Na/c35*2-1(3)4;;/q35*-3;2*+1. The summed E-state index contributed by atoms with van der Waals surface area (Å²) in [6, 6.07) is 0. The largest absolute Gasteiger partial charge is 1.00 e. The minimum Gasteiger partial charge on any atom is -0.907 e. The molecule has 0 unspecified atom stereocenters. The summed E-state index contributed by atoms with van der Waals surface area (Å²) in [4.78, 5) is 0. The normalized spacial score (nSPS) is 6.65. The van der Waals surface area contributed by atoms with Gasteiger partial charge in [-0.25, -0.2) is 0 Å². The van der Waals surface area contributed by atoms with E-state index in [1.165, 1.54) is 0 Å². The summed E-state index contributed by atoms with van der Waals surface area (Å²) in [7, 11) is -102. The zero-order chi connectivity index (χ0) is 125. The molecule has 0 saturated carbocycles. The molecule has 0 fully saturated rings. The van der Waals surface area contributed by atoms with Gasteiger partial charge in [0, 0.05) is 0 Å². The molecule has 0 bridgehead atoms. The van der Waals surface area contributed by atoms with Crippen molar-refractivity contribution in [2.75, 3.05) is 0 Å². The van der Waals surface area contributed by atoms with Gasteiger partial charge in [0.1, 0.15) is 0 Å². The summed E-state index contributed by atoms with van der Waals surface area (Å²) in [5.74, 6) is 0. The molecule has 0 atom stereocenters. The van der Waals surface area contributed by atoms with Gasteiger partial charge in [0.2, 0.25) is 0 Å². The van der Waals surface area contributed by atoms with Crippen molar-refractivity contribution in [2.24, 2.45) is 0 Å². The first kappa shape index (κ1) is 256. The minimum absolute atomic E-state index is 0. The second-order valence-corrected chi connectivity index (χ2v) is 10.1. The Balaban J connectivity index is -0.0000000228. The third kappa shape index (κ3) is 512000000. The maximum atomic E-state index is 8.42. The molecule has 0 rings (SSSR count). The number of hydrogen-bond acceptors (Lipinski definition) is 105. The van der Waals surface area contributed by atoms with E-state index in [0.29, 0.717) is 0 Å². The predicted octanol–water partition coefficient (Wildman–Crippen LogP) is -144. The molecule has 0 aromatic rings. The molecule has 0 N–H and O–H groups in total. The monoisotopic (exact) mass is 2110 g/mol. The van der Waals surface area contributed by atoms with Crippen LogP contribution >= 0.6 is 0 Å². The minimum atomic E-state index is -2.92. The third-order valence-corrected chi connectivity index (χ3v) is 0. The molecule has 0 heterocycles. The van der Waals surface area contributed by atoms with Crippen molar-refractivity contribution in [2.45, 2.75) is 0 Å². The summed E-state index contributed by atoms with van der Waals surface area (Å²) >= 11 is 0. The van der Waals surface area contributed by atoms with Crippen molar-refractivity contribution in [1.29, 1.82) is 0 Å². The molecule has 0 aromatic carbocycles. The van der Waals surface area contributed by atoms with Crippen LogP contribution < -0.4 is 587 Å². The maximum Gasteiger partial charge on any atom is 1.00 e. The molecule has 105 nitrogen and oxygen atoms in total. The van der Waals surface area contributed by atoms with Crippen molar-refractivity contribution in [3.05, 3.63) is 0 Å². The van der Waals surface area contributed by atoms with Gasteiger partial charge in [-0.1, -0.05) is 0 Å². The molecule has 0 aromatic heterocycles. The van der Waals surface area contributed by atoms with Crippen LogP contribution in [-0.4, -0.2) is 256 Å². The quantitative estimate of drug-likeness (QED) is 0.203. The Labute approximate surface area is 839 Å². The molecule has 0 aliphatic rings. The predicted molar refractivity (Wildman–Crippen MR) is 201 cm³/mol. The van der Waals surface area contributed by atoms with E-state index in [9.17, 15) is 0 Å². The first-order valence-corrected chi connectivity index (χ1v) is 24.7. The first-order chi connectivity index (χ1) is 60.6. The summed E-state index contributed by atoms with van der Waals surface area (Å²) in [5, 5.41) is 884. The van der Waals surface area contributed by atoms with Gasteiger partial charge in [-0.15, -0.1) is 0 Å². The van der Waals surface area contributed by atoms with Crippen LogP contribution in [0.5, 0.6) is 0 Å². The average Bonchev–Trinajstić information content (AvgIpc) is 3.40. The van der Waals surface area contributed by atoms with E-state index >= 15 is 0 Å². The molecule has 0 amide bonds. The fourth-order valence-corrected chi connectivity index (χ4v) is 0. The Morgan fingerprint density at radius 2 is 0.0352 bits per heavy atom. The summed E-state index contributed by atoms with van der Waals surface area (Å²) in [5.41, 5.74) is 0. The zero-order valence-electron chi connectivity index (χ0n) is 65.1. The second-order valence-electron chi connectivity index (χ2n) is 10.1. The summed E-state index contributed by atoms with van der Waals surface area (Å²) < 4.78 is 0. The van der Waals surface area contributed by atoms with Gasteiger partial charge in [-0.05, 0) is 0 Å². The van der Waals surface area contributed by atoms with Crippen molar-refractivity contribution in [3.8, 4) is 0 Å². The van der Waals surface area contributed by atoms with E-state index in [1.807, 2.05) is 0 Å². The van der Waals surface area contributed by atoms with Crippen molar-refractivity contribution >= 4 is 256 Å². The topological polar surface area (TPSA) is 2420 Å². The number of rotatable bonds is 0. The van der Waals surface area contributed by atoms with E-state index in [-0.39, 0.29) is 59.1 Å². The van der Waals surface area contributed by atoms with E-state index in [1.54, 1.807) is 0 Å². The van der Waals surface area contributed by atoms with Crippen LogP contribution in [0.15, 0.2) is 0 Å². The molecule has 142 heavy (non-hydrogen) atoms. The van der Waals surface area contributed by atoms with Gasteiger partial charge in [0.05, 0.1) is 0 Å². The van der Waals surface area contributed by atoms with Crippen LogP contribution in [0.1, 0.15) is 0 Å². The van der Waals surface area contributed by atoms with Crippen LogP contribution in [0, 0.1) is 0 Å². The van der Waals surface area contributed by atoms with Gasteiger partial charge >= 0.3 is 59.1 Å².